The van der Waals surface area contributed by atoms with Crippen molar-refractivity contribution in [1.82, 2.24) is 5.32 Å². The smallest absolute Gasteiger partial charge is 0.348 e. The van der Waals surface area contributed by atoms with Crippen LogP contribution in [0.15, 0.2) is 42.5 Å². The summed E-state index contributed by atoms with van der Waals surface area (Å²) in [5, 5.41) is 2.30. The molecular weight excluding hydrogens is 388 g/mol. The van der Waals surface area contributed by atoms with Crippen LogP contribution in [-0.2, 0) is 22.7 Å². The highest BCUT2D eigenvalue weighted by atomic mass is 32.2. The Kier molecular flexibility index (Phi) is 6.09. The SMILES string of the molecule is CCS(=O)(=O)Nc1ccccc1C(=O)NCc1ccc(F)cc1C(F)(F)F. The van der Waals surface area contributed by atoms with Crippen LogP contribution in [0, 0.1) is 5.82 Å². The molecule has 0 saturated heterocycles. The van der Waals surface area contributed by atoms with Gasteiger partial charge in [0.05, 0.1) is 22.6 Å². The number of halogens is 4. The zero-order valence-corrected chi connectivity index (χ0v) is 14.9. The molecule has 0 radical (unpaired) electrons. The second-order valence-electron chi connectivity index (χ2n) is 5.53. The highest BCUT2D eigenvalue weighted by Crippen LogP contribution is 2.32. The Morgan fingerprint density at radius 1 is 1.11 bits per heavy atom. The van der Waals surface area contributed by atoms with E-state index in [4.69, 9.17) is 0 Å². The fraction of sp³-hybridized carbons (Fsp3) is 0.235. The van der Waals surface area contributed by atoms with E-state index in [1.165, 1.54) is 31.2 Å². The van der Waals surface area contributed by atoms with E-state index in [1.807, 2.05) is 0 Å². The number of benzene rings is 2. The summed E-state index contributed by atoms with van der Waals surface area (Å²) in [6, 6.07) is 7.83. The quantitative estimate of drug-likeness (QED) is 0.724. The lowest BCUT2D eigenvalue weighted by Crippen LogP contribution is -2.26. The van der Waals surface area contributed by atoms with Crippen LogP contribution in [0.3, 0.4) is 0 Å². The van der Waals surface area contributed by atoms with Crippen LogP contribution in [0.1, 0.15) is 28.4 Å². The molecule has 146 valence electrons. The van der Waals surface area contributed by atoms with Crippen molar-refractivity contribution in [2.24, 2.45) is 0 Å². The number of sulfonamides is 1. The average molecular weight is 404 g/mol. The van der Waals surface area contributed by atoms with Gasteiger partial charge in [0, 0.05) is 6.54 Å². The first-order valence-corrected chi connectivity index (χ1v) is 9.42. The number of alkyl halides is 3. The van der Waals surface area contributed by atoms with Crippen LogP contribution in [0.4, 0.5) is 23.2 Å². The summed E-state index contributed by atoms with van der Waals surface area (Å²) in [6.45, 7) is 0.904. The van der Waals surface area contributed by atoms with Gasteiger partial charge < -0.3 is 5.32 Å². The van der Waals surface area contributed by atoms with Gasteiger partial charge in [-0.15, -0.1) is 0 Å². The van der Waals surface area contributed by atoms with Crippen molar-refractivity contribution < 1.29 is 30.8 Å². The fourth-order valence-electron chi connectivity index (χ4n) is 2.25. The summed E-state index contributed by atoms with van der Waals surface area (Å²) in [6.07, 6.45) is -4.78. The Bertz CT molecular complexity index is 943. The molecule has 2 aromatic rings. The van der Waals surface area contributed by atoms with Gasteiger partial charge >= 0.3 is 6.18 Å². The van der Waals surface area contributed by atoms with Gasteiger partial charge in [-0.3, -0.25) is 9.52 Å². The van der Waals surface area contributed by atoms with Gasteiger partial charge in [-0.1, -0.05) is 18.2 Å². The van der Waals surface area contributed by atoms with Crippen LogP contribution in [0.25, 0.3) is 0 Å². The zero-order valence-electron chi connectivity index (χ0n) is 14.1. The Morgan fingerprint density at radius 3 is 2.41 bits per heavy atom. The van der Waals surface area contributed by atoms with Crippen molar-refractivity contribution in [2.75, 3.05) is 10.5 Å². The van der Waals surface area contributed by atoms with E-state index in [2.05, 4.69) is 10.0 Å². The molecule has 0 saturated carbocycles. The molecule has 0 aliphatic heterocycles. The average Bonchev–Trinajstić information content (AvgIpc) is 2.59. The first kappa shape index (κ1) is 20.7. The van der Waals surface area contributed by atoms with E-state index in [-0.39, 0.29) is 22.6 Å². The molecule has 0 fully saturated rings. The summed E-state index contributed by atoms with van der Waals surface area (Å²) in [5.74, 6) is -2.04. The maximum Gasteiger partial charge on any atom is 0.416 e. The predicted octanol–water partition coefficient (Wildman–Crippen LogP) is 3.54. The number of hydrogen-bond donors (Lipinski definition) is 2. The monoisotopic (exact) mass is 404 g/mol. The van der Waals surface area contributed by atoms with Gasteiger partial charge in [-0.05, 0) is 36.8 Å². The highest BCUT2D eigenvalue weighted by molar-refractivity contribution is 7.92. The lowest BCUT2D eigenvalue weighted by atomic mass is 10.1. The number of anilines is 1. The summed E-state index contributed by atoms with van der Waals surface area (Å²) in [5.41, 5.74) is -1.55. The van der Waals surface area contributed by atoms with Crippen molar-refractivity contribution in [1.29, 1.82) is 0 Å². The standard InChI is InChI=1S/C17H16F4N2O3S/c1-2-27(25,26)23-15-6-4-3-5-13(15)16(24)22-10-11-7-8-12(18)9-14(11)17(19,20)21/h3-9,23H,2,10H2,1H3,(H,22,24). The molecule has 10 heteroatoms. The van der Waals surface area contributed by atoms with E-state index >= 15 is 0 Å². The van der Waals surface area contributed by atoms with Gasteiger partial charge in [0.15, 0.2) is 0 Å². The van der Waals surface area contributed by atoms with E-state index in [9.17, 15) is 30.8 Å². The fourth-order valence-corrected chi connectivity index (χ4v) is 2.90. The molecule has 27 heavy (non-hydrogen) atoms. The maximum absolute atomic E-state index is 13.1. The van der Waals surface area contributed by atoms with Gasteiger partial charge in [-0.2, -0.15) is 13.2 Å². The minimum Gasteiger partial charge on any atom is -0.348 e. The maximum atomic E-state index is 13.1. The molecule has 0 aliphatic rings. The number of nitrogens with one attached hydrogen (secondary N) is 2. The predicted molar refractivity (Wildman–Crippen MR) is 92.1 cm³/mol. The summed E-state index contributed by atoms with van der Waals surface area (Å²) < 4.78 is 77.8. The number of para-hydroxylation sites is 1. The topological polar surface area (TPSA) is 75.3 Å². The molecule has 5 nitrogen and oxygen atoms in total. The lowest BCUT2D eigenvalue weighted by Gasteiger charge is -2.15. The molecule has 2 rings (SSSR count). The largest absolute Gasteiger partial charge is 0.416 e. The van der Waals surface area contributed by atoms with Gasteiger partial charge in [-0.25, -0.2) is 12.8 Å². The van der Waals surface area contributed by atoms with Crippen LogP contribution in [0.2, 0.25) is 0 Å². The third kappa shape index (κ3) is 5.43. The summed E-state index contributed by atoms with van der Waals surface area (Å²) in [7, 11) is -3.65. The molecule has 0 aromatic heterocycles. The normalized spacial score (nSPS) is 11.9. The van der Waals surface area contributed by atoms with Gasteiger partial charge in [0.2, 0.25) is 10.0 Å². The third-order valence-corrected chi connectivity index (χ3v) is 4.92. The van der Waals surface area contributed by atoms with Gasteiger partial charge in [0.25, 0.3) is 5.91 Å². The lowest BCUT2D eigenvalue weighted by molar-refractivity contribution is -0.138. The number of rotatable bonds is 6. The van der Waals surface area contributed by atoms with E-state index < -0.39 is 40.0 Å². The molecular formula is C17H16F4N2O3S. The van der Waals surface area contributed by atoms with Crippen molar-refractivity contribution in [3.8, 4) is 0 Å². The van der Waals surface area contributed by atoms with Crippen molar-refractivity contribution >= 4 is 21.6 Å². The molecule has 1 amide bonds. The van der Waals surface area contributed by atoms with E-state index in [0.717, 1.165) is 12.1 Å². The van der Waals surface area contributed by atoms with Crippen molar-refractivity contribution in [2.45, 2.75) is 19.6 Å². The van der Waals surface area contributed by atoms with Crippen LogP contribution < -0.4 is 10.0 Å². The minimum absolute atomic E-state index is 0.00648. The van der Waals surface area contributed by atoms with Crippen molar-refractivity contribution in [3.63, 3.8) is 0 Å². The van der Waals surface area contributed by atoms with Crippen LogP contribution in [-0.4, -0.2) is 20.1 Å². The number of amides is 1. The summed E-state index contributed by atoms with van der Waals surface area (Å²) in [4.78, 5) is 12.3. The van der Waals surface area contributed by atoms with E-state index in [1.54, 1.807) is 0 Å². The Morgan fingerprint density at radius 2 is 1.78 bits per heavy atom. The molecule has 0 aliphatic carbocycles. The third-order valence-electron chi connectivity index (χ3n) is 3.63. The van der Waals surface area contributed by atoms with Crippen LogP contribution >= 0.6 is 0 Å². The van der Waals surface area contributed by atoms with Crippen molar-refractivity contribution in [3.05, 3.63) is 65.0 Å². The summed E-state index contributed by atoms with van der Waals surface area (Å²) >= 11 is 0. The molecule has 2 N–H and O–H groups in total. The first-order valence-electron chi connectivity index (χ1n) is 7.77. The van der Waals surface area contributed by atoms with E-state index in [0.29, 0.717) is 6.07 Å². The number of carbonyl (C=O) groups is 1. The molecule has 0 bridgehead atoms. The number of hydrogen-bond acceptors (Lipinski definition) is 3. The second-order valence-corrected chi connectivity index (χ2v) is 7.54. The minimum atomic E-state index is -4.78. The molecule has 0 heterocycles. The van der Waals surface area contributed by atoms with Gasteiger partial charge in [0.1, 0.15) is 5.82 Å². The van der Waals surface area contributed by atoms with Crippen LogP contribution in [0.5, 0.6) is 0 Å². The molecule has 0 atom stereocenters. The molecule has 0 unspecified atom stereocenters. The molecule has 0 spiro atoms. The molecule has 2 aromatic carbocycles. The first-order chi connectivity index (χ1) is 12.5. The Labute approximate surface area is 153 Å². The number of carbonyl (C=O) groups excluding carboxylic acids is 1. The second kappa shape index (κ2) is 7.95. The zero-order chi connectivity index (χ0) is 20.2. The Hall–Kier alpha value is -2.62. The Balaban J connectivity index is 2.23. The highest BCUT2D eigenvalue weighted by Gasteiger charge is 2.33.